The van der Waals surface area contributed by atoms with Gasteiger partial charge in [-0.2, -0.15) is 0 Å². The zero-order valence-electron chi connectivity index (χ0n) is 72.4. The SMILES string of the molecule is CC/C=C\C/C=C\C/C=C\C/C=C\C/C=C\C/C=C\CCCCCCCCCCCCCCCCC(=O)OCC(O)COP(=O)(O)OCC(O)COP(=O)(O)OCC(COC(=O)CCCCCCCCCCCCCC/C=C\C/C=C\C/C=C\C/C=C\C/C=C\C/C=C\CC)OC(=O)CCCCCCC/C=C\C/C=C\CCCCC. The van der Waals surface area contributed by atoms with E-state index in [0.29, 0.717) is 19.3 Å². The highest BCUT2D eigenvalue weighted by atomic mass is 31.2. The van der Waals surface area contributed by atoms with Crippen LogP contribution in [0.2, 0.25) is 0 Å². The molecule has 0 aliphatic rings. The fourth-order valence-corrected chi connectivity index (χ4v) is 13.7. The lowest BCUT2D eigenvalue weighted by Crippen LogP contribution is -2.30. The fraction of sp³-hybridized carbons (Fsp3) is 0.680. The number of unbranched alkanes of at least 4 members (excludes halogenated alkanes) is 34. The van der Waals surface area contributed by atoms with Crippen LogP contribution >= 0.6 is 15.6 Å². The Labute approximate surface area is 701 Å². The minimum atomic E-state index is -4.94. The molecule has 5 atom stereocenters. The van der Waals surface area contributed by atoms with E-state index in [9.17, 15) is 43.5 Å². The zero-order chi connectivity index (χ0) is 83.6. The molecule has 0 fully saturated rings. The van der Waals surface area contributed by atoms with Crippen LogP contribution in [0.15, 0.2) is 170 Å². The number of phosphoric ester groups is 2. The number of hydrogen-bond acceptors (Lipinski definition) is 14. The number of carbonyl (C=O) groups excluding carboxylic acids is 3. The normalized spacial score (nSPS) is 14.6. The maximum absolute atomic E-state index is 13.0. The first-order valence-corrected chi connectivity index (χ1v) is 48.4. The number of ether oxygens (including phenoxy) is 3. The van der Waals surface area contributed by atoms with Crippen molar-refractivity contribution in [3.05, 3.63) is 170 Å². The number of aliphatic hydroxyl groups is 2. The smallest absolute Gasteiger partial charge is 0.463 e. The molecule has 5 unspecified atom stereocenters. The summed E-state index contributed by atoms with van der Waals surface area (Å²) in [4.78, 5) is 58.9. The number of allylic oxidation sites excluding steroid dienone is 28. The van der Waals surface area contributed by atoms with E-state index in [0.717, 1.165) is 180 Å². The first-order chi connectivity index (χ1) is 56.2. The molecule has 0 rings (SSSR count). The van der Waals surface area contributed by atoms with Gasteiger partial charge >= 0.3 is 33.6 Å². The summed E-state index contributed by atoms with van der Waals surface area (Å²) in [6.45, 7) is 2.44. The molecule has 0 saturated carbocycles. The van der Waals surface area contributed by atoms with Crippen LogP contribution in [0.4, 0.5) is 0 Å². The molecular formula is C97H164O16P2. The summed E-state index contributed by atoms with van der Waals surface area (Å²) >= 11 is 0. The minimum Gasteiger partial charge on any atom is -0.463 e. The molecule has 0 aromatic heterocycles. The quantitative estimate of drug-likeness (QED) is 0.0146. The lowest BCUT2D eigenvalue weighted by Gasteiger charge is -2.21. The van der Waals surface area contributed by atoms with E-state index in [-0.39, 0.29) is 19.3 Å². The summed E-state index contributed by atoms with van der Waals surface area (Å²) in [7, 11) is -9.81. The van der Waals surface area contributed by atoms with Crippen molar-refractivity contribution in [3.63, 3.8) is 0 Å². The van der Waals surface area contributed by atoms with Crippen LogP contribution in [0, 0.1) is 0 Å². The van der Waals surface area contributed by atoms with E-state index in [1.165, 1.54) is 128 Å². The monoisotopic (exact) mass is 1650 g/mol. The Hall–Kier alpha value is -5.09. The van der Waals surface area contributed by atoms with Crippen molar-refractivity contribution < 1.29 is 75.8 Å². The summed E-state index contributed by atoms with van der Waals surface area (Å²) < 4.78 is 61.4. The Kier molecular flexibility index (Phi) is 84.3. The Bertz CT molecular complexity index is 2770. The Balaban J connectivity index is 4.48. The predicted molar refractivity (Wildman–Crippen MR) is 482 cm³/mol. The lowest BCUT2D eigenvalue weighted by atomic mass is 10.0. The van der Waals surface area contributed by atoms with Crippen molar-refractivity contribution in [3.8, 4) is 0 Å². The first-order valence-electron chi connectivity index (χ1n) is 45.4. The van der Waals surface area contributed by atoms with Crippen molar-refractivity contribution >= 4 is 33.6 Å². The largest absolute Gasteiger partial charge is 0.472 e. The van der Waals surface area contributed by atoms with E-state index in [1.54, 1.807) is 0 Å². The number of esters is 3. The van der Waals surface area contributed by atoms with Crippen molar-refractivity contribution in [2.24, 2.45) is 0 Å². The Morgan fingerprint density at radius 1 is 0.252 bits per heavy atom. The molecule has 0 spiro atoms. The highest BCUT2D eigenvalue weighted by Crippen LogP contribution is 2.45. The molecule has 0 aliphatic carbocycles. The molecule has 0 amide bonds. The van der Waals surface area contributed by atoms with Gasteiger partial charge in [0.05, 0.1) is 26.4 Å². The van der Waals surface area contributed by atoms with E-state index < -0.39 is 91.5 Å². The van der Waals surface area contributed by atoms with Gasteiger partial charge < -0.3 is 34.2 Å². The van der Waals surface area contributed by atoms with Gasteiger partial charge in [0.25, 0.3) is 0 Å². The predicted octanol–water partition coefficient (Wildman–Crippen LogP) is 27.9. The standard InChI is InChI=1S/C97H164O16P2/c1-4-7-10-13-16-19-22-25-28-30-32-34-36-38-40-42-44-45-47-49-50-52-54-56-58-60-63-65-68-71-74-77-80-83-95(100)107-86-92(98)87-109-114(103,104)110-88-93(99)89-111-115(105,106)112-91-94(113-97(102)85-82-79-76-73-70-67-62-27-24-21-18-15-12-9-6-3)90-108-96(101)84-81-78-75-72-69-66-64-61-59-57-55-53-51-48-46-43-41-39-37-35-33-31-29-26-23-20-17-14-11-8-5-2/h7-8,10-11,16-21,25-29,32-35,38-41,44-46,48,62,92-94,98-99H,4-6,9,12-15,22-24,30-31,36-37,42-43,47,49-61,63-91H2,1-3H3,(H,103,104)(H,105,106)/b10-7-,11-8-,19-16-,20-17-,21-18-,28-25-,29-26-,34-32-,35-33-,40-38-,41-39-,45-44-,48-46-,62-27-. The second kappa shape index (κ2) is 88.2. The van der Waals surface area contributed by atoms with Crippen LogP contribution < -0.4 is 0 Å². The van der Waals surface area contributed by atoms with Crippen LogP contribution in [0.3, 0.4) is 0 Å². The van der Waals surface area contributed by atoms with Crippen LogP contribution in [-0.2, 0) is 55.8 Å². The van der Waals surface area contributed by atoms with Gasteiger partial charge in [-0.05, 0) is 154 Å². The molecule has 0 saturated heterocycles. The summed E-state index contributed by atoms with van der Waals surface area (Å²) in [5.74, 6) is -1.59. The third-order valence-electron chi connectivity index (χ3n) is 18.9. The Morgan fingerprint density at radius 3 is 0.730 bits per heavy atom. The third-order valence-corrected chi connectivity index (χ3v) is 20.8. The number of aliphatic hydroxyl groups excluding tert-OH is 2. The molecule has 0 aliphatic heterocycles. The number of hydrogen-bond donors (Lipinski definition) is 4. The average molecular weight is 1650 g/mol. The highest BCUT2D eigenvalue weighted by Gasteiger charge is 2.29. The Morgan fingerprint density at radius 2 is 0.461 bits per heavy atom. The van der Waals surface area contributed by atoms with Gasteiger partial charge in [0, 0.05) is 19.3 Å². The molecule has 0 aromatic rings. The summed E-state index contributed by atoms with van der Waals surface area (Å²) in [6.07, 6.45) is 114. The van der Waals surface area contributed by atoms with Gasteiger partial charge in [0.2, 0.25) is 0 Å². The zero-order valence-corrected chi connectivity index (χ0v) is 74.2. The van der Waals surface area contributed by atoms with Crippen LogP contribution in [0.1, 0.15) is 367 Å². The molecule has 0 heterocycles. The topological polar surface area (TPSA) is 231 Å². The van der Waals surface area contributed by atoms with Gasteiger partial charge in [-0.15, -0.1) is 0 Å². The molecule has 0 aromatic carbocycles. The van der Waals surface area contributed by atoms with Gasteiger partial charge in [-0.1, -0.05) is 364 Å². The van der Waals surface area contributed by atoms with Gasteiger partial charge in [-0.25, -0.2) is 9.13 Å². The molecule has 658 valence electrons. The summed E-state index contributed by atoms with van der Waals surface area (Å²) in [6, 6.07) is 0. The second-order valence-electron chi connectivity index (χ2n) is 30.0. The lowest BCUT2D eigenvalue weighted by molar-refractivity contribution is -0.161. The maximum Gasteiger partial charge on any atom is 0.472 e. The van der Waals surface area contributed by atoms with Gasteiger partial charge in [0.15, 0.2) is 6.10 Å². The van der Waals surface area contributed by atoms with Crippen molar-refractivity contribution in [2.75, 3.05) is 39.6 Å². The van der Waals surface area contributed by atoms with Crippen molar-refractivity contribution in [1.29, 1.82) is 0 Å². The van der Waals surface area contributed by atoms with E-state index in [2.05, 4.69) is 191 Å². The molecule has 4 N–H and O–H groups in total. The second-order valence-corrected chi connectivity index (χ2v) is 32.9. The highest BCUT2D eigenvalue weighted by molar-refractivity contribution is 7.47. The molecule has 0 radical (unpaired) electrons. The molecule has 0 bridgehead atoms. The van der Waals surface area contributed by atoms with Crippen LogP contribution in [-0.4, -0.2) is 95.9 Å². The number of carbonyl (C=O) groups is 3. The van der Waals surface area contributed by atoms with Gasteiger partial charge in [-0.3, -0.25) is 32.5 Å². The first kappa shape index (κ1) is 110. The van der Waals surface area contributed by atoms with E-state index in [4.69, 9.17) is 32.3 Å². The van der Waals surface area contributed by atoms with E-state index >= 15 is 0 Å². The van der Waals surface area contributed by atoms with Crippen LogP contribution in [0.5, 0.6) is 0 Å². The van der Waals surface area contributed by atoms with Crippen LogP contribution in [0.25, 0.3) is 0 Å². The number of phosphoric acid groups is 2. The molecular weight excluding hydrogens is 1480 g/mol. The minimum absolute atomic E-state index is 0.0855. The molecule has 115 heavy (non-hydrogen) atoms. The average Bonchev–Trinajstić information content (AvgIpc) is 0.898. The molecule has 16 nitrogen and oxygen atoms in total. The van der Waals surface area contributed by atoms with Crippen molar-refractivity contribution in [2.45, 2.75) is 386 Å². The maximum atomic E-state index is 13.0. The van der Waals surface area contributed by atoms with Gasteiger partial charge in [0.1, 0.15) is 25.4 Å². The molecule has 18 heteroatoms. The summed E-state index contributed by atoms with van der Waals surface area (Å²) in [5.41, 5.74) is 0. The van der Waals surface area contributed by atoms with E-state index in [1.807, 2.05) is 0 Å². The third kappa shape index (κ3) is 89.5. The van der Waals surface area contributed by atoms with Crippen molar-refractivity contribution in [1.82, 2.24) is 0 Å². The summed E-state index contributed by atoms with van der Waals surface area (Å²) in [5, 5.41) is 20.7. The number of rotatable bonds is 85. The fourth-order valence-electron chi connectivity index (χ4n) is 12.1.